The molecule has 0 aliphatic carbocycles. The molecule has 0 spiro atoms. The Kier molecular flexibility index (Phi) is 6.76. The number of rotatable bonds is 7. The van der Waals surface area contributed by atoms with Gasteiger partial charge in [0.1, 0.15) is 5.71 Å². The quantitative estimate of drug-likeness (QED) is 0.227. The molecule has 0 saturated heterocycles. The molecule has 3 aromatic carbocycles. The predicted molar refractivity (Wildman–Crippen MR) is 111 cm³/mol. The summed E-state index contributed by atoms with van der Waals surface area (Å²) in [5.74, 6) is -0.839. The van der Waals surface area contributed by atoms with Crippen molar-refractivity contribution in [2.75, 3.05) is 0 Å². The standard InChI is InChI=1S/C23H19NO3S/c1-2-21(24-27-23(26)18-9-5-3-6-10-18)22(25)17-13-15-20(16-14-17)28-19-11-7-4-8-12-19/h3-16H,2H2,1H3. The minimum Gasteiger partial charge on any atom is -0.312 e. The second-order valence-electron chi connectivity index (χ2n) is 5.90. The van der Waals surface area contributed by atoms with Gasteiger partial charge in [0, 0.05) is 15.4 Å². The maximum atomic E-state index is 12.7. The fourth-order valence-corrected chi connectivity index (χ4v) is 3.29. The average molecular weight is 389 g/mol. The van der Waals surface area contributed by atoms with Crippen LogP contribution in [0.15, 0.2) is 99.9 Å². The molecule has 28 heavy (non-hydrogen) atoms. The molecule has 0 heterocycles. The van der Waals surface area contributed by atoms with Crippen LogP contribution >= 0.6 is 11.8 Å². The van der Waals surface area contributed by atoms with Gasteiger partial charge in [0.15, 0.2) is 0 Å². The smallest absolute Gasteiger partial charge is 0.312 e. The largest absolute Gasteiger partial charge is 0.365 e. The molecule has 0 aromatic heterocycles. The van der Waals surface area contributed by atoms with Crippen molar-refractivity contribution in [3.8, 4) is 0 Å². The monoisotopic (exact) mass is 389 g/mol. The first-order valence-electron chi connectivity index (χ1n) is 8.88. The van der Waals surface area contributed by atoms with Crippen LogP contribution in [-0.4, -0.2) is 17.5 Å². The lowest BCUT2D eigenvalue weighted by Crippen LogP contribution is -2.15. The first-order valence-corrected chi connectivity index (χ1v) is 9.70. The summed E-state index contributed by atoms with van der Waals surface area (Å²) < 4.78 is 0. The van der Waals surface area contributed by atoms with Crippen molar-refractivity contribution in [2.24, 2.45) is 5.16 Å². The van der Waals surface area contributed by atoms with Crippen molar-refractivity contribution in [1.82, 2.24) is 0 Å². The predicted octanol–water partition coefficient (Wildman–Crippen LogP) is 5.64. The Hall–Kier alpha value is -3.18. The SMILES string of the molecule is CCC(=NOC(=O)c1ccccc1)C(=O)c1ccc(Sc2ccccc2)cc1. The molecule has 0 saturated carbocycles. The van der Waals surface area contributed by atoms with E-state index < -0.39 is 5.97 Å². The van der Waals surface area contributed by atoms with Gasteiger partial charge in [-0.25, -0.2) is 4.79 Å². The van der Waals surface area contributed by atoms with Crippen LogP contribution in [0.5, 0.6) is 0 Å². The summed E-state index contributed by atoms with van der Waals surface area (Å²) in [5.41, 5.74) is 1.10. The number of benzene rings is 3. The molecular formula is C23H19NO3S. The molecule has 0 aliphatic heterocycles. The third kappa shape index (κ3) is 5.18. The Morgan fingerprint density at radius 2 is 1.36 bits per heavy atom. The van der Waals surface area contributed by atoms with E-state index in [1.54, 1.807) is 61.2 Å². The summed E-state index contributed by atoms with van der Waals surface area (Å²) in [6.07, 6.45) is 0.363. The number of carbonyl (C=O) groups excluding carboxylic acids is 2. The number of oxime groups is 1. The zero-order chi connectivity index (χ0) is 19.8. The Labute approximate surface area is 168 Å². The molecule has 0 fully saturated rings. The number of hydrogen-bond acceptors (Lipinski definition) is 5. The van der Waals surface area contributed by atoms with E-state index in [0.29, 0.717) is 17.5 Å². The van der Waals surface area contributed by atoms with Crippen LogP contribution in [0.3, 0.4) is 0 Å². The van der Waals surface area contributed by atoms with Crippen LogP contribution in [0.4, 0.5) is 0 Å². The Bertz CT molecular complexity index is 968. The molecule has 0 N–H and O–H groups in total. The van der Waals surface area contributed by atoms with Gasteiger partial charge in [-0.05, 0) is 55.0 Å². The normalized spacial score (nSPS) is 11.1. The Balaban J connectivity index is 1.67. The number of Topliss-reactive ketones (excluding diaryl/α,β-unsaturated/α-hetero) is 1. The summed E-state index contributed by atoms with van der Waals surface area (Å²) >= 11 is 1.62. The van der Waals surface area contributed by atoms with Crippen molar-refractivity contribution in [3.05, 3.63) is 96.1 Å². The van der Waals surface area contributed by atoms with Gasteiger partial charge >= 0.3 is 5.97 Å². The molecule has 3 aromatic rings. The van der Waals surface area contributed by atoms with E-state index >= 15 is 0 Å². The van der Waals surface area contributed by atoms with Crippen molar-refractivity contribution >= 4 is 29.2 Å². The highest BCUT2D eigenvalue weighted by molar-refractivity contribution is 7.99. The third-order valence-corrected chi connectivity index (χ3v) is 4.96. The van der Waals surface area contributed by atoms with Gasteiger partial charge in [-0.15, -0.1) is 0 Å². The average Bonchev–Trinajstić information content (AvgIpc) is 2.75. The lowest BCUT2D eigenvalue weighted by molar-refractivity contribution is 0.0515. The van der Waals surface area contributed by atoms with Crippen molar-refractivity contribution < 1.29 is 14.4 Å². The fourth-order valence-electron chi connectivity index (χ4n) is 2.46. The second-order valence-corrected chi connectivity index (χ2v) is 7.05. The second kappa shape index (κ2) is 9.67. The highest BCUT2D eigenvalue weighted by Crippen LogP contribution is 2.27. The van der Waals surface area contributed by atoms with Crippen molar-refractivity contribution in [3.63, 3.8) is 0 Å². The number of carbonyl (C=O) groups is 2. The zero-order valence-corrected chi connectivity index (χ0v) is 16.2. The topological polar surface area (TPSA) is 55.7 Å². The van der Waals surface area contributed by atoms with E-state index in [4.69, 9.17) is 4.84 Å². The number of hydrogen-bond donors (Lipinski definition) is 0. The van der Waals surface area contributed by atoms with Gasteiger partial charge in [0.25, 0.3) is 0 Å². The highest BCUT2D eigenvalue weighted by atomic mass is 32.2. The lowest BCUT2D eigenvalue weighted by Gasteiger charge is -2.05. The Morgan fingerprint density at radius 3 is 1.96 bits per heavy atom. The van der Waals surface area contributed by atoms with Gasteiger partial charge in [-0.3, -0.25) is 4.79 Å². The van der Waals surface area contributed by atoms with E-state index in [2.05, 4.69) is 5.16 Å². The van der Waals surface area contributed by atoms with Crippen LogP contribution in [0.1, 0.15) is 34.1 Å². The maximum Gasteiger partial charge on any atom is 0.365 e. The summed E-state index contributed by atoms with van der Waals surface area (Å²) in [6.45, 7) is 1.80. The van der Waals surface area contributed by atoms with E-state index in [-0.39, 0.29) is 11.5 Å². The number of nitrogens with zero attached hydrogens (tertiary/aromatic N) is 1. The van der Waals surface area contributed by atoms with E-state index in [1.807, 2.05) is 42.5 Å². The van der Waals surface area contributed by atoms with E-state index in [1.165, 1.54) is 0 Å². The van der Waals surface area contributed by atoms with E-state index in [9.17, 15) is 9.59 Å². The Morgan fingerprint density at radius 1 is 0.786 bits per heavy atom. The maximum absolute atomic E-state index is 12.7. The minimum absolute atomic E-state index is 0.202. The first-order chi connectivity index (χ1) is 13.7. The van der Waals surface area contributed by atoms with Gasteiger partial charge in [0.2, 0.25) is 5.78 Å². The molecular weight excluding hydrogens is 370 g/mol. The minimum atomic E-state index is -0.589. The van der Waals surface area contributed by atoms with E-state index in [0.717, 1.165) is 9.79 Å². The van der Waals surface area contributed by atoms with Gasteiger partial charge in [-0.2, -0.15) is 0 Å². The molecule has 0 amide bonds. The van der Waals surface area contributed by atoms with Crippen LogP contribution in [-0.2, 0) is 4.84 Å². The summed E-state index contributed by atoms with van der Waals surface area (Å²) in [5, 5.41) is 3.80. The summed E-state index contributed by atoms with van der Waals surface area (Å²) in [4.78, 5) is 31.8. The fraction of sp³-hybridized carbons (Fsp3) is 0.0870. The first kappa shape index (κ1) is 19.6. The molecule has 0 unspecified atom stereocenters. The van der Waals surface area contributed by atoms with Gasteiger partial charge in [-0.1, -0.05) is 60.2 Å². The molecule has 3 rings (SSSR count). The molecule has 0 atom stereocenters. The molecule has 5 heteroatoms. The zero-order valence-electron chi connectivity index (χ0n) is 15.4. The van der Waals surface area contributed by atoms with Crippen LogP contribution in [0, 0.1) is 0 Å². The lowest BCUT2D eigenvalue weighted by atomic mass is 10.1. The summed E-state index contributed by atoms with van der Waals surface area (Å²) in [7, 11) is 0. The molecule has 0 aliphatic rings. The summed E-state index contributed by atoms with van der Waals surface area (Å²) in [6, 6.07) is 25.9. The van der Waals surface area contributed by atoms with Crippen LogP contribution in [0.25, 0.3) is 0 Å². The van der Waals surface area contributed by atoms with Crippen molar-refractivity contribution in [1.29, 1.82) is 0 Å². The van der Waals surface area contributed by atoms with Gasteiger partial charge in [0.05, 0.1) is 5.56 Å². The van der Waals surface area contributed by atoms with Crippen molar-refractivity contribution in [2.45, 2.75) is 23.1 Å². The molecule has 4 nitrogen and oxygen atoms in total. The van der Waals surface area contributed by atoms with Crippen LogP contribution in [0.2, 0.25) is 0 Å². The van der Waals surface area contributed by atoms with Gasteiger partial charge < -0.3 is 4.84 Å². The molecule has 140 valence electrons. The number of ketones is 1. The molecule has 0 bridgehead atoms. The van der Waals surface area contributed by atoms with Crippen LogP contribution < -0.4 is 0 Å². The third-order valence-electron chi connectivity index (χ3n) is 3.94. The highest BCUT2D eigenvalue weighted by Gasteiger charge is 2.15. The molecule has 0 radical (unpaired) electrons.